The number of para-hydroxylation sites is 1. The molecule has 8 nitrogen and oxygen atoms in total. The van der Waals surface area contributed by atoms with Crippen molar-refractivity contribution in [2.75, 3.05) is 6.54 Å². The van der Waals surface area contributed by atoms with Crippen molar-refractivity contribution < 1.29 is 4.39 Å². The van der Waals surface area contributed by atoms with Crippen LogP contribution in [0.5, 0.6) is 0 Å². The Kier molecular flexibility index (Phi) is 4.37. The van der Waals surface area contributed by atoms with E-state index in [0.29, 0.717) is 35.7 Å². The molecule has 0 saturated heterocycles. The molecule has 0 atom stereocenters. The van der Waals surface area contributed by atoms with Crippen LogP contribution in [0.4, 0.5) is 4.39 Å². The number of nitrogens with two attached hydrogens (primary N) is 1. The zero-order chi connectivity index (χ0) is 22.5. The molecule has 0 amide bonds. The van der Waals surface area contributed by atoms with Gasteiger partial charge in [0, 0.05) is 34.4 Å². The number of aromatic nitrogens is 6. The van der Waals surface area contributed by atoms with Crippen molar-refractivity contribution in [2.45, 2.75) is 13.0 Å². The number of hydrogen-bond acceptors (Lipinski definition) is 4. The van der Waals surface area contributed by atoms with Gasteiger partial charge in [-0.3, -0.25) is 4.98 Å². The molecule has 0 aliphatic rings. The van der Waals surface area contributed by atoms with Crippen molar-refractivity contribution >= 4 is 32.7 Å². The lowest BCUT2D eigenvalue weighted by Crippen LogP contribution is -2.15. The van der Waals surface area contributed by atoms with Gasteiger partial charge in [0.1, 0.15) is 11.5 Å². The Morgan fingerprint density at radius 2 is 1.91 bits per heavy atom. The second-order valence-corrected chi connectivity index (χ2v) is 7.98. The van der Waals surface area contributed by atoms with Crippen LogP contribution in [-0.4, -0.2) is 35.8 Å². The summed E-state index contributed by atoms with van der Waals surface area (Å²) in [6.45, 7) is 1.18. The molecule has 4 aromatic heterocycles. The molecule has 0 bridgehead atoms. The summed E-state index contributed by atoms with van der Waals surface area (Å²) in [4.78, 5) is 20.8. The number of nitrogens with one attached hydrogen (secondary N) is 2. The first kappa shape index (κ1) is 19.4. The van der Waals surface area contributed by atoms with Gasteiger partial charge in [0.2, 0.25) is 0 Å². The van der Waals surface area contributed by atoms with Crippen LogP contribution in [0.3, 0.4) is 0 Å². The molecule has 0 spiro atoms. The summed E-state index contributed by atoms with van der Waals surface area (Å²) >= 11 is 0. The molecule has 2 aromatic carbocycles. The number of aryl methyl sites for hydroxylation is 1. The minimum Gasteiger partial charge on any atom is -0.353 e. The van der Waals surface area contributed by atoms with Gasteiger partial charge >= 0.3 is 5.69 Å². The van der Waals surface area contributed by atoms with E-state index in [1.165, 1.54) is 16.7 Å². The highest BCUT2D eigenvalue weighted by Crippen LogP contribution is 2.30. The topological polar surface area (TPSA) is 110 Å². The zero-order valence-electron chi connectivity index (χ0n) is 17.5. The molecule has 6 rings (SSSR count). The number of fused-ring (bicyclic) bond motifs is 4. The van der Waals surface area contributed by atoms with Crippen molar-refractivity contribution in [3.05, 3.63) is 77.2 Å². The second-order valence-electron chi connectivity index (χ2n) is 7.98. The zero-order valence-corrected chi connectivity index (χ0v) is 17.5. The van der Waals surface area contributed by atoms with E-state index in [4.69, 9.17) is 5.73 Å². The fraction of sp³-hybridized carbons (Fsp3) is 0.125. The Hall–Kier alpha value is -4.24. The smallest absolute Gasteiger partial charge is 0.348 e. The molecule has 0 unspecified atom stereocenters. The van der Waals surface area contributed by atoms with E-state index >= 15 is 0 Å². The molecule has 33 heavy (non-hydrogen) atoms. The number of aromatic amines is 2. The Bertz CT molecular complexity index is 1710. The van der Waals surface area contributed by atoms with E-state index < -0.39 is 5.69 Å². The van der Waals surface area contributed by atoms with Gasteiger partial charge in [-0.25, -0.2) is 18.9 Å². The van der Waals surface area contributed by atoms with Crippen LogP contribution in [0.25, 0.3) is 49.9 Å². The summed E-state index contributed by atoms with van der Waals surface area (Å²) < 4.78 is 17.6. The Morgan fingerprint density at radius 1 is 1.03 bits per heavy atom. The summed E-state index contributed by atoms with van der Waals surface area (Å²) in [7, 11) is 0. The van der Waals surface area contributed by atoms with Crippen LogP contribution >= 0.6 is 0 Å². The molecule has 6 aromatic rings. The monoisotopic (exact) mass is 441 g/mol. The fourth-order valence-electron chi connectivity index (χ4n) is 4.44. The van der Waals surface area contributed by atoms with E-state index in [9.17, 15) is 9.18 Å². The van der Waals surface area contributed by atoms with Gasteiger partial charge in [0.15, 0.2) is 5.82 Å². The minimum absolute atomic E-state index is 0.356. The third-order valence-electron chi connectivity index (χ3n) is 5.96. The van der Waals surface area contributed by atoms with Crippen LogP contribution in [0.15, 0.2) is 65.7 Å². The molecule has 164 valence electrons. The average molecular weight is 441 g/mol. The predicted molar refractivity (Wildman–Crippen MR) is 126 cm³/mol. The normalized spacial score (nSPS) is 11.8. The van der Waals surface area contributed by atoms with E-state index in [1.807, 2.05) is 41.1 Å². The summed E-state index contributed by atoms with van der Waals surface area (Å²) in [5.41, 5.74) is 9.05. The Morgan fingerprint density at radius 3 is 2.79 bits per heavy atom. The maximum atomic E-state index is 14.2. The minimum atomic E-state index is -0.423. The van der Waals surface area contributed by atoms with Crippen LogP contribution in [0.2, 0.25) is 0 Å². The first-order valence-corrected chi connectivity index (χ1v) is 10.7. The van der Waals surface area contributed by atoms with E-state index in [1.54, 1.807) is 12.3 Å². The summed E-state index contributed by atoms with van der Waals surface area (Å²) in [6.07, 6.45) is 4.33. The van der Waals surface area contributed by atoms with Crippen LogP contribution in [0, 0.1) is 5.82 Å². The molecule has 4 N–H and O–H groups in total. The van der Waals surface area contributed by atoms with Crippen LogP contribution in [0.1, 0.15) is 6.42 Å². The lowest BCUT2D eigenvalue weighted by Gasteiger charge is -2.05. The maximum absolute atomic E-state index is 14.2. The van der Waals surface area contributed by atoms with E-state index in [2.05, 4.69) is 20.2 Å². The summed E-state index contributed by atoms with van der Waals surface area (Å²) in [5.74, 6) is -0.0222. The molecule has 9 heteroatoms. The van der Waals surface area contributed by atoms with E-state index in [-0.39, 0.29) is 5.82 Å². The van der Waals surface area contributed by atoms with Gasteiger partial charge in [0.25, 0.3) is 0 Å². The molecular formula is C24H20FN7O. The molecular weight excluding hydrogens is 421 g/mol. The summed E-state index contributed by atoms with van der Waals surface area (Å²) in [6, 6.07) is 14.5. The highest BCUT2D eigenvalue weighted by atomic mass is 19.1. The van der Waals surface area contributed by atoms with Gasteiger partial charge in [-0.2, -0.15) is 5.10 Å². The molecule has 0 aliphatic heterocycles. The lowest BCUT2D eigenvalue weighted by atomic mass is 10.1. The van der Waals surface area contributed by atoms with Crippen molar-refractivity contribution in [1.29, 1.82) is 0 Å². The third-order valence-corrected chi connectivity index (χ3v) is 5.96. The molecule has 0 radical (unpaired) electrons. The predicted octanol–water partition coefficient (Wildman–Crippen LogP) is 3.70. The number of pyridine rings is 1. The number of hydrogen-bond donors (Lipinski definition) is 3. The van der Waals surface area contributed by atoms with Crippen LogP contribution in [-0.2, 0) is 6.54 Å². The van der Waals surface area contributed by atoms with Gasteiger partial charge in [-0.1, -0.05) is 18.2 Å². The Labute approximate surface area is 186 Å². The number of benzene rings is 2. The average Bonchev–Trinajstić information content (AvgIpc) is 3.49. The molecule has 0 fully saturated rings. The highest BCUT2D eigenvalue weighted by molar-refractivity contribution is 6.07. The molecule has 0 aliphatic carbocycles. The number of H-pyrrole nitrogens is 2. The second kappa shape index (κ2) is 7.42. The number of rotatable bonds is 5. The van der Waals surface area contributed by atoms with Gasteiger partial charge in [-0.15, -0.1) is 0 Å². The standard InChI is InChI=1S/C24H20FN7O/c25-14-6-7-21-17(10-14)22(13-31(21)9-3-8-26)32-23(29-30-24(32)33)19-11-16-15-4-1-2-5-18(15)28-20(16)12-27-19/h1-2,4-7,10-13,28H,3,8-9,26H2,(H,30,33). The highest BCUT2D eigenvalue weighted by Gasteiger charge is 2.20. The van der Waals surface area contributed by atoms with E-state index in [0.717, 1.165) is 33.7 Å². The Balaban J connectivity index is 1.58. The summed E-state index contributed by atoms with van der Waals surface area (Å²) in [5, 5.41) is 9.45. The maximum Gasteiger partial charge on any atom is 0.348 e. The van der Waals surface area contributed by atoms with Gasteiger partial charge in [0.05, 0.1) is 22.9 Å². The van der Waals surface area contributed by atoms with Gasteiger partial charge in [-0.05, 0) is 43.3 Å². The number of halogens is 1. The van der Waals surface area contributed by atoms with Crippen molar-refractivity contribution in [3.8, 4) is 17.2 Å². The first-order valence-electron chi connectivity index (χ1n) is 10.7. The lowest BCUT2D eigenvalue weighted by molar-refractivity contribution is 0.629. The first-order chi connectivity index (χ1) is 16.1. The SMILES string of the molecule is NCCCn1cc(-n2c(-c3cc4c(cn3)[nH]c3ccccc34)n[nH]c2=O)c2cc(F)ccc21. The van der Waals surface area contributed by atoms with Crippen molar-refractivity contribution in [2.24, 2.45) is 5.73 Å². The largest absolute Gasteiger partial charge is 0.353 e. The van der Waals surface area contributed by atoms with Gasteiger partial charge < -0.3 is 15.3 Å². The third kappa shape index (κ3) is 3.05. The fourth-order valence-corrected chi connectivity index (χ4v) is 4.44. The van der Waals surface area contributed by atoms with Crippen molar-refractivity contribution in [3.63, 3.8) is 0 Å². The quantitative estimate of drug-likeness (QED) is 0.379. The molecule has 0 saturated carbocycles. The van der Waals surface area contributed by atoms with Crippen LogP contribution < -0.4 is 11.4 Å². The number of nitrogens with zero attached hydrogens (tertiary/aromatic N) is 4. The molecule has 4 heterocycles. The van der Waals surface area contributed by atoms with Crippen molar-refractivity contribution in [1.82, 2.24) is 29.3 Å².